The summed E-state index contributed by atoms with van der Waals surface area (Å²) in [4.78, 5) is 27.4. The second-order valence-electron chi connectivity index (χ2n) is 5.19. The summed E-state index contributed by atoms with van der Waals surface area (Å²) in [5.74, 6) is -3.10. The molecule has 0 radical (unpaired) electrons. The van der Waals surface area contributed by atoms with Crippen LogP contribution in [0.25, 0.3) is 5.69 Å². The monoisotopic (exact) mass is 371 g/mol. The average molecular weight is 371 g/mol. The van der Waals surface area contributed by atoms with E-state index in [0.29, 0.717) is 10.6 Å². The van der Waals surface area contributed by atoms with Gasteiger partial charge >= 0.3 is 18.1 Å². The van der Waals surface area contributed by atoms with Gasteiger partial charge in [0.1, 0.15) is 19.2 Å². The van der Waals surface area contributed by atoms with Gasteiger partial charge in [0, 0.05) is 12.2 Å². The molecule has 1 aromatic carbocycles. The number of aromatic nitrogens is 3. The van der Waals surface area contributed by atoms with Gasteiger partial charge in [-0.1, -0.05) is 0 Å². The standard InChI is InChI=1S/C15H16F3N5O3/c1-2-26-13(24)7-22(14(25)15(16,17)18)6-10-5-11(3-4-12(10)19)23-9-20-8-21-23/h3-5,8-9H,2,6-7,19H2,1H3. The van der Waals surface area contributed by atoms with Gasteiger partial charge in [0.2, 0.25) is 0 Å². The van der Waals surface area contributed by atoms with E-state index >= 15 is 0 Å². The van der Waals surface area contributed by atoms with Gasteiger partial charge in [0.15, 0.2) is 0 Å². The molecule has 2 rings (SSSR count). The summed E-state index contributed by atoms with van der Waals surface area (Å²) >= 11 is 0. The Morgan fingerprint density at radius 2 is 2.08 bits per heavy atom. The Balaban J connectivity index is 2.30. The van der Waals surface area contributed by atoms with Crippen molar-refractivity contribution in [1.29, 1.82) is 0 Å². The lowest BCUT2D eigenvalue weighted by molar-refractivity contribution is -0.187. The van der Waals surface area contributed by atoms with Crippen molar-refractivity contribution in [3.05, 3.63) is 36.4 Å². The van der Waals surface area contributed by atoms with Crippen LogP contribution in [0.3, 0.4) is 0 Å². The van der Waals surface area contributed by atoms with E-state index in [9.17, 15) is 22.8 Å². The molecule has 1 amide bonds. The number of alkyl halides is 3. The molecule has 0 aliphatic carbocycles. The number of carbonyl (C=O) groups excluding carboxylic acids is 2. The molecule has 0 aliphatic heterocycles. The van der Waals surface area contributed by atoms with Crippen molar-refractivity contribution in [3.8, 4) is 5.69 Å². The van der Waals surface area contributed by atoms with Crippen LogP contribution in [0.2, 0.25) is 0 Å². The Kier molecular flexibility index (Phi) is 5.80. The normalized spacial score (nSPS) is 11.2. The minimum absolute atomic E-state index is 0.0171. The van der Waals surface area contributed by atoms with Gasteiger partial charge in [-0.15, -0.1) is 0 Å². The van der Waals surface area contributed by atoms with Crippen LogP contribution in [0.5, 0.6) is 0 Å². The van der Waals surface area contributed by atoms with E-state index in [1.54, 1.807) is 6.07 Å². The summed E-state index contributed by atoms with van der Waals surface area (Å²) in [6, 6.07) is 4.52. The predicted molar refractivity (Wildman–Crippen MR) is 83.9 cm³/mol. The third kappa shape index (κ3) is 4.71. The first-order chi connectivity index (χ1) is 12.2. The fourth-order valence-electron chi connectivity index (χ4n) is 2.16. The first-order valence-corrected chi connectivity index (χ1v) is 7.47. The molecule has 0 spiro atoms. The van der Waals surface area contributed by atoms with Crippen LogP contribution in [0, 0.1) is 0 Å². The van der Waals surface area contributed by atoms with Crippen molar-refractivity contribution >= 4 is 17.6 Å². The molecule has 0 aliphatic rings. The molecule has 11 heteroatoms. The number of hydrogen-bond donors (Lipinski definition) is 1. The highest BCUT2D eigenvalue weighted by molar-refractivity contribution is 5.86. The van der Waals surface area contributed by atoms with Gasteiger partial charge in [-0.3, -0.25) is 9.59 Å². The molecule has 0 saturated heterocycles. The van der Waals surface area contributed by atoms with Crippen molar-refractivity contribution in [3.63, 3.8) is 0 Å². The van der Waals surface area contributed by atoms with Crippen molar-refractivity contribution < 1.29 is 27.5 Å². The van der Waals surface area contributed by atoms with Gasteiger partial charge < -0.3 is 15.4 Å². The lowest BCUT2D eigenvalue weighted by Gasteiger charge is -2.23. The maximum absolute atomic E-state index is 12.8. The van der Waals surface area contributed by atoms with E-state index < -0.39 is 31.1 Å². The fourth-order valence-corrected chi connectivity index (χ4v) is 2.16. The molecular weight excluding hydrogens is 355 g/mol. The third-order valence-corrected chi connectivity index (χ3v) is 3.33. The summed E-state index contributed by atoms with van der Waals surface area (Å²) in [6.07, 6.45) is -2.45. The molecule has 0 atom stereocenters. The zero-order chi connectivity index (χ0) is 19.3. The SMILES string of the molecule is CCOC(=O)CN(Cc1cc(-n2cncn2)ccc1N)C(=O)C(F)(F)F. The van der Waals surface area contributed by atoms with Gasteiger partial charge in [0.25, 0.3) is 0 Å². The number of ether oxygens (including phenoxy) is 1. The molecule has 2 aromatic rings. The van der Waals surface area contributed by atoms with Crippen LogP contribution in [-0.2, 0) is 20.9 Å². The quantitative estimate of drug-likeness (QED) is 0.607. The number of rotatable bonds is 6. The Hall–Kier alpha value is -3.11. The highest BCUT2D eigenvalue weighted by Crippen LogP contribution is 2.23. The number of hydrogen-bond acceptors (Lipinski definition) is 6. The summed E-state index contributed by atoms with van der Waals surface area (Å²) in [6.45, 7) is 0.120. The Morgan fingerprint density at radius 1 is 1.35 bits per heavy atom. The molecule has 140 valence electrons. The Labute approximate surface area is 146 Å². The zero-order valence-corrected chi connectivity index (χ0v) is 13.7. The molecular formula is C15H16F3N5O3. The van der Waals surface area contributed by atoms with Crippen LogP contribution in [0.15, 0.2) is 30.9 Å². The highest BCUT2D eigenvalue weighted by Gasteiger charge is 2.43. The molecule has 1 aromatic heterocycles. The number of anilines is 1. The average Bonchev–Trinajstić information content (AvgIpc) is 3.09. The van der Waals surface area contributed by atoms with Gasteiger partial charge in [-0.2, -0.15) is 18.3 Å². The van der Waals surface area contributed by atoms with Crippen LogP contribution in [0.4, 0.5) is 18.9 Å². The lowest BCUT2D eigenvalue weighted by atomic mass is 10.1. The maximum Gasteiger partial charge on any atom is 0.471 e. The van der Waals surface area contributed by atoms with Crippen molar-refractivity contribution in [2.75, 3.05) is 18.9 Å². The second kappa shape index (κ2) is 7.85. The molecule has 26 heavy (non-hydrogen) atoms. The number of esters is 1. The van der Waals surface area contributed by atoms with Crippen LogP contribution < -0.4 is 5.73 Å². The topological polar surface area (TPSA) is 103 Å². The van der Waals surface area contributed by atoms with E-state index in [2.05, 4.69) is 14.8 Å². The van der Waals surface area contributed by atoms with Crippen LogP contribution >= 0.6 is 0 Å². The van der Waals surface area contributed by atoms with E-state index in [4.69, 9.17) is 5.73 Å². The number of nitrogens with zero attached hydrogens (tertiary/aromatic N) is 4. The lowest BCUT2D eigenvalue weighted by Crippen LogP contribution is -2.43. The fraction of sp³-hybridized carbons (Fsp3) is 0.333. The maximum atomic E-state index is 12.8. The number of amides is 1. The van der Waals surface area contributed by atoms with Crippen molar-refractivity contribution in [2.45, 2.75) is 19.6 Å². The van der Waals surface area contributed by atoms with E-state index in [1.165, 1.54) is 36.4 Å². The number of benzene rings is 1. The number of nitrogens with two attached hydrogens (primary N) is 1. The van der Waals surface area contributed by atoms with E-state index in [1.807, 2.05) is 0 Å². The van der Waals surface area contributed by atoms with Gasteiger partial charge in [-0.05, 0) is 30.7 Å². The molecule has 2 N–H and O–H groups in total. The summed E-state index contributed by atoms with van der Waals surface area (Å²) < 4.78 is 44.5. The van der Waals surface area contributed by atoms with E-state index in [-0.39, 0.29) is 17.9 Å². The number of carbonyl (C=O) groups is 2. The minimum atomic E-state index is -5.13. The Bertz CT molecular complexity index is 777. The first kappa shape index (κ1) is 19.2. The summed E-state index contributed by atoms with van der Waals surface area (Å²) in [5.41, 5.74) is 6.68. The minimum Gasteiger partial charge on any atom is -0.465 e. The highest BCUT2D eigenvalue weighted by atomic mass is 19.4. The van der Waals surface area contributed by atoms with E-state index in [0.717, 1.165) is 0 Å². The van der Waals surface area contributed by atoms with Gasteiger partial charge in [-0.25, -0.2) is 9.67 Å². The summed E-state index contributed by atoms with van der Waals surface area (Å²) in [5, 5.41) is 3.91. The molecule has 0 saturated carbocycles. The van der Waals surface area contributed by atoms with Gasteiger partial charge in [0.05, 0.1) is 12.3 Å². The summed E-state index contributed by atoms with van der Waals surface area (Å²) in [7, 11) is 0. The third-order valence-electron chi connectivity index (χ3n) is 3.33. The van der Waals surface area contributed by atoms with Crippen LogP contribution in [-0.4, -0.2) is 50.9 Å². The van der Waals surface area contributed by atoms with Crippen LogP contribution in [0.1, 0.15) is 12.5 Å². The molecule has 0 fully saturated rings. The molecule has 8 nitrogen and oxygen atoms in total. The number of nitrogen functional groups attached to an aromatic ring is 1. The molecule has 0 bridgehead atoms. The first-order valence-electron chi connectivity index (χ1n) is 7.47. The van der Waals surface area contributed by atoms with Crippen molar-refractivity contribution in [2.24, 2.45) is 0 Å². The molecule has 0 unspecified atom stereocenters. The second-order valence-corrected chi connectivity index (χ2v) is 5.19. The smallest absolute Gasteiger partial charge is 0.465 e. The Morgan fingerprint density at radius 3 is 2.65 bits per heavy atom. The van der Waals surface area contributed by atoms with Crippen molar-refractivity contribution in [1.82, 2.24) is 19.7 Å². The number of halogens is 3. The largest absolute Gasteiger partial charge is 0.471 e. The zero-order valence-electron chi connectivity index (χ0n) is 13.7. The predicted octanol–water partition coefficient (Wildman–Crippen LogP) is 1.30. The molecule has 1 heterocycles.